The molecule has 0 aliphatic carbocycles. The molecule has 9 nitrogen and oxygen atoms in total. The predicted molar refractivity (Wildman–Crippen MR) is 62.7 cm³/mol. The van der Waals surface area contributed by atoms with Gasteiger partial charge >= 0.3 is 5.97 Å². The third-order valence-corrected chi connectivity index (χ3v) is 3.56. The number of rotatable bonds is 4. The van der Waals surface area contributed by atoms with Crippen molar-refractivity contribution in [2.75, 3.05) is 13.2 Å². The molecule has 0 aromatic heterocycles. The molecule has 116 valence electrons. The van der Waals surface area contributed by atoms with E-state index in [1.807, 2.05) is 0 Å². The van der Waals surface area contributed by atoms with E-state index in [0.717, 1.165) is 0 Å². The van der Waals surface area contributed by atoms with Crippen LogP contribution in [0.15, 0.2) is 0 Å². The molecule has 6 N–H and O–H groups in total. The highest BCUT2D eigenvalue weighted by Crippen LogP contribution is 2.24. The summed E-state index contributed by atoms with van der Waals surface area (Å²) in [5, 5.41) is 49.6. The van der Waals surface area contributed by atoms with Crippen molar-refractivity contribution < 1.29 is 39.8 Å². The minimum absolute atomic E-state index is 0.199. The molecule has 2 saturated heterocycles. The van der Waals surface area contributed by atoms with Crippen LogP contribution in [0.3, 0.4) is 0 Å². The van der Waals surface area contributed by atoms with Gasteiger partial charge in [-0.3, -0.25) is 4.79 Å². The Morgan fingerprint density at radius 3 is 2.50 bits per heavy atom. The summed E-state index contributed by atoms with van der Waals surface area (Å²) in [7, 11) is 0. The Morgan fingerprint density at radius 1 is 1.25 bits per heavy atom. The second-order valence-corrected chi connectivity index (χ2v) is 4.99. The van der Waals surface area contributed by atoms with Crippen LogP contribution in [0.5, 0.6) is 0 Å². The molecule has 2 aliphatic heterocycles. The molecule has 0 radical (unpaired) electrons. The zero-order valence-electron chi connectivity index (χ0n) is 10.6. The normalized spacial score (nSPS) is 45.5. The fraction of sp³-hybridized carbons (Fsp3) is 0.909. The second kappa shape index (κ2) is 6.31. The highest BCUT2D eigenvalue weighted by molar-refractivity contribution is 5.73. The van der Waals surface area contributed by atoms with Crippen molar-refractivity contribution in [1.82, 2.24) is 5.32 Å². The summed E-state index contributed by atoms with van der Waals surface area (Å²) in [6.07, 6.45) is -6.99. The summed E-state index contributed by atoms with van der Waals surface area (Å²) in [4.78, 5) is 10.8. The van der Waals surface area contributed by atoms with Gasteiger partial charge in [-0.25, -0.2) is 0 Å². The highest BCUT2D eigenvalue weighted by Gasteiger charge is 2.45. The smallest absolute Gasteiger partial charge is 0.320 e. The van der Waals surface area contributed by atoms with Gasteiger partial charge in [-0.05, 0) is 0 Å². The van der Waals surface area contributed by atoms with Gasteiger partial charge in [0.2, 0.25) is 0 Å². The Kier molecular flexibility index (Phi) is 4.91. The number of carboxylic acid groups (broad SMARTS) is 1. The van der Waals surface area contributed by atoms with Crippen molar-refractivity contribution in [1.29, 1.82) is 0 Å². The van der Waals surface area contributed by atoms with E-state index in [1.54, 1.807) is 0 Å². The van der Waals surface area contributed by atoms with Crippen LogP contribution in [0.25, 0.3) is 0 Å². The van der Waals surface area contributed by atoms with Crippen molar-refractivity contribution in [3.8, 4) is 0 Å². The number of carbonyl (C=O) groups is 1. The Hall–Kier alpha value is -0.810. The summed E-state index contributed by atoms with van der Waals surface area (Å²) in [6.45, 7) is -0.266. The van der Waals surface area contributed by atoms with Crippen LogP contribution < -0.4 is 5.32 Å². The fourth-order valence-corrected chi connectivity index (χ4v) is 2.36. The van der Waals surface area contributed by atoms with E-state index in [1.165, 1.54) is 0 Å². The van der Waals surface area contributed by atoms with Crippen LogP contribution in [0.2, 0.25) is 0 Å². The van der Waals surface area contributed by atoms with Crippen molar-refractivity contribution in [2.45, 2.75) is 49.3 Å². The lowest BCUT2D eigenvalue weighted by Crippen LogP contribution is -2.59. The quantitative estimate of drug-likeness (QED) is 0.312. The van der Waals surface area contributed by atoms with E-state index in [9.17, 15) is 20.1 Å². The van der Waals surface area contributed by atoms with Gasteiger partial charge in [-0.15, -0.1) is 0 Å². The third kappa shape index (κ3) is 3.09. The molecule has 0 amide bonds. The topological polar surface area (TPSA) is 149 Å². The lowest BCUT2D eigenvalue weighted by molar-refractivity contribution is -0.309. The maximum Gasteiger partial charge on any atom is 0.320 e. The van der Waals surface area contributed by atoms with E-state index < -0.39 is 55.4 Å². The first kappa shape index (κ1) is 15.6. The number of carboxylic acids is 1. The second-order valence-electron chi connectivity index (χ2n) is 4.99. The van der Waals surface area contributed by atoms with Gasteiger partial charge in [-0.2, -0.15) is 0 Å². The Balaban J connectivity index is 1.93. The lowest BCUT2D eigenvalue weighted by Gasteiger charge is -2.40. The first-order chi connectivity index (χ1) is 9.43. The Morgan fingerprint density at radius 2 is 1.95 bits per heavy atom. The summed E-state index contributed by atoms with van der Waals surface area (Å²) in [5.74, 6) is -0.995. The molecule has 20 heavy (non-hydrogen) atoms. The average molecular weight is 293 g/mol. The molecule has 0 aromatic rings. The molecular formula is C11H19NO8. The van der Waals surface area contributed by atoms with Crippen LogP contribution in [0.4, 0.5) is 0 Å². The molecule has 2 aliphatic rings. The summed E-state index contributed by atoms with van der Waals surface area (Å²) >= 11 is 0. The molecular weight excluding hydrogens is 274 g/mol. The summed E-state index contributed by atoms with van der Waals surface area (Å²) < 4.78 is 10.6. The number of aliphatic hydroxyl groups is 4. The van der Waals surface area contributed by atoms with E-state index >= 15 is 0 Å². The van der Waals surface area contributed by atoms with Gasteiger partial charge in [0.1, 0.15) is 30.5 Å². The van der Waals surface area contributed by atoms with Gasteiger partial charge in [-0.1, -0.05) is 0 Å². The molecule has 0 saturated carbocycles. The Bertz CT molecular complexity index is 351. The molecule has 0 aromatic carbocycles. The van der Waals surface area contributed by atoms with Crippen LogP contribution in [-0.2, 0) is 14.3 Å². The molecule has 0 spiro atoms. The number of aliphatic carboxylic acids is 1. The minimum atomic E-state index is -1.50. The molecule has 2 rings (SSSR count). The number of hydrogen-bond donors (Lipinski definition) is 6. The standard InChI is InChI=1S/C11H19NO8/c13-3-6-7(14)8(15)9(16)11(20-6)19-4-1-5(10(17)18)12-2-4/h4-9,11-16H,1-3H2,(H,17,18). The molecule has 9 heteroatoms. The average Bonchev–Trinajstić information content (AvgIpc) is 2.88. The summed E-state index contributed by atoms with van der Waals surface area (Å²) in [5.41, 5.74) is 0. The lowest BCUT2D eigenvalue weighted by atomic mass is 9.99. The van der Waals surface area contributed by atoms with Crippen molar-refractivity contribution in [3.05, 3.63) is 0 Å². The number of nitrogens with one attached hydrogen (secondary N) is 1. The van der Waals surface area contributed by atoms with E-state index in [2.05, 4.69) is 5.32 Å². The zero-order chi connectivity index (χ0) is 14.9. The molecule has 7 atom stereocenters. The maximum atomic E-state index is 10.8. The van der Waals surface area contributed by atoms with Gasteiger partial charge in [0.25, 0.3) is 0 Å². The van der Waals surface area contributed by atoms with Gasteiger partial charge in [0.15, 0.2) is 6.29 Å². The fourth-order valence-electron chi connectivity index (χ4n) is 2.36. The number of ether oxygens (including phenoxy) is 2. The first-order valence-corrected chi connectivity index (χ1v) is 6.36. The van der Waals surface area contributed by atoms with E-state index in [0.29, 0.717) is 0 Å². The van der Waals surface area contributed by atoms with Crippen LogP contribution >= 0.6 is 0 Å². The highest BCUT2D eigenvalue weighted by atomic mass is 16.7. The number of hydrogen-bond acceptors (Lipinski definition) is 8. The monoisotopic (exact) mass is 293 g/mol. The maximum absolute atomic E-state index is 10.8. The van der Waals surface area contributed by atoms with Crippen molar-refractivity contribution in [2.24, 2.45) is 0 Å². The van der Waals surface area contributed by atoms with E-state index in [4.69, 9.17) is 19.7 Å². The van der Waals surface area contributed by atoms with Crippen LogP contribution in [0.1, 0.15) is 6.42 Å². The van der Waals surface area contributed by atoms with Gasteiger partial charge in [0.05, 0.1) is 12.7 Å². The zero-order valence-corrected chi connectivity index (χ0v) is 10.6. The molecule has 2 heterocycles. The van der Waals surface area contributed by atoms with Crippen molar-refractivity contribution >= 4 is 5.97 Å². The van der Waals surface area contributed by atoms with Gasteiger partial charge in [0, 0.05) is 13.0 Å². The molecule has 2 fully saturated rings. The van der Waals surface area contributed by atoms with E-state index in [-0.39, 0.29) is 13.0 Å². The molecule has 0 bridgehead atoms. The SMILES string of the molecule is O=C(O)C1CC(OC2OC(CO)C(O)C(O)C2O)CN1. The Labute approximate surface area is 114 Å². The predicted octanol–water partition coefficient (Wildman–Crippen LogP) is -3.38. The van der Waals surface area contributed by atoms with Gasteiger partial charge < -0.3 is 40.3 Å². The first-order valence-electron chi connectivity index (χ1n) is 6.36. The molecule has 7 unspecified atom stereocenters. The van der Waals surface area contributed by atoms with Crippen molar-refractivity contribution in [3.63, 3.8) is 0 Å². The number of aliphatic hydroxyl groups excluding tert-OH is 4. The largest absolute Gasteiger partial charge is 0.480 e. The minimum Gasteiger partial charge on any atom is -0.480 e. The van der Waals surface area contributed by atoms with Crippen LogP contribution in [-0.4, -0.2) is 87.5 Å². The van der Waals surface area contributed by atoms with Crippen LogP contribution in [0, 0.1) is 0 Å². The third-order valence-electron chi connectivity index (χ3n) is 3.56. The summed E-state index contributed by atoms with van der Waals surface area (Å²) in [6, 6.07) is -0.732.